The number of rotatable bonds is 4. The zero-order chi connectivity index (χ0) is 18.9. The van der Waals surface area contributed by atoms with E-state index in [9.17, 15) is 12.8 Å². The molecule has 0 unspecified atom stereocenters. The van der Waals surface area contributed by atoms with Crippen molar-refractivity contribution >= 4 is 16.0 Å². The molecular weight excluding hydrogens is 371 g/mol. The van der Waals surface area contributed by atoms with Gasteiger partial charge in [0.15, 0.2) is 0 Å². The van der Waals surface area contributed by atoms with Gasteiger partial charge in [0.25, 0.3) is 0 Å². The van der Waals surface area contributed by atoms with Crippen molar-refractivity contribution in [3.05, 3.63) is 53.1 Å². The van der Waals surface area contributed by atoms with Crippen molar-refractivity contribution in [2.45, 2.75) is 18.7 Å². The van der Waals surface area contributed by atoms with E-state index in [0.717, 1.165) is 24.3 Å². The standard InChI is InChI=1S/C18H21FN4O3S/c19-16-3-1-14(2-4-16)13-27(24,25)23-6-5-15-11-20-18(21-17(15)12-23)22-7-9-26-10-8-22/h1-4,11H,5-10,12-13H2. The van der Waals surface area contributed by atoms with Gasteiger partial charge in [-0.05, 0) is 29.7 Å². The van der Waals surface area contributed by atoms with Crippen molar-refractivity contribution in [1.82, 2.24) is 14.3 Å². The molecule has 1 aromatic carbocycles. The summed E-state index contributed by atoms with van der Waals surface area (Å²) in [6, 6.07) is 5.56. The molecule has 0 spiro atoms. The SMILES string of the molecule is O=S(=O)(Cc1ccc(F)cc1)N1CCc2cnc(N3CCOCC3)nc2C1. The van der Waals surface area contributed by atoms with Crippen LogP contribution in [0.3, 0.4) is 0 Å². The van der Waals surface area contributed by atoms with Crippen molar-refractivity contribution < 1.29 is 17.5 Å². The second kappa shape index (κ2) is 7.49. The minimum atomic E-state index is -3.51. The van der Waals surface area contributed by atoms with Gasteiger partial charge in [-0.3, -0.25) is 0 Å². The van der Waals surface area contributed by atoms with Crippen LogP contribution in [-0.2, 0) is 33.5 Å². The number of sulfonamides is 1. The highest BCUT2D eigenvalue weighted by molar-refractivity contribution is 7.88. The quantitative estimate of drug-likeness (QED) is 0.782. The number of hydrogen-bond acceptors (Lipinski definition) is 6. The molecule has 0 atom stereocenters. The second-order valence-corrected chi connectivity index (χ2v) is 8.68. The fourth-order valence-electron chi connectivity index (χ4n) is 3.30. The number of anilines is 1. The van der Waals surface area contributed by atoms with Gasteiger partial charge in [0.2, 0.25) is 16.0 Å². The predicted octanol–water partition coefficient (Wildman–Crippen LogP) is 1.34. The van der Waals surface area contributed by atoms with E-state index in [-0.39, 0.29) is 18.1 Å². The van der Waals surface area contributed by atoms with Crippen LogP contribution < -0.4 is 4.90 Å². The van der Waals surface area contributed by atoms with E-state index in [2.05, 4.69) is 14.9 Å². The lowest BCUT2D eigenvalue weighted by Gasteiger charge is -2.30. The molecule has 2 aliphatic heterocycles. The van der Waals surface area contributed by atoms with Gasteiger partial charge in [0, 0.05) is 25.8 Å². The molecule has 4 rings (SSSR count). The molecule has 0 radical (unpaired) electrons. The molecule has 1 aromatic heterocycles. The number of aromatic nitrogens is 2. The maximum Gasteiger partial charge on any atom is 0.225 e. The average molecular weight is 392 g/mol. The summed E-state index contributed by atoms with van der Waals surface area (Å²) in [4.78, 5) is 11.1. The molecule has 1 fully saturated rings. The fraction of sp³-hybridized carbons (Fsp3) is 0.444. The minimum Gasteiger partial charge on any atom is -0.378 e. The summed E-state index contributed by atoms with van der Waals surface area (Å²) in [5.41, 5.74) is 2.31. The Morgan fingerprint density at radius 1 is 1.11 bits per heavy atom. The molecule has 1 saturated heterocycles. The third kappa shape index (κ3) is 4.10. The first-order chi connectivity index (χ1) is 13.0. The first kappa shape index (κ1) is 18.3. The van der Waals surface area contributed by atoms with E-state index in [4.69, 9.17) is 4.74 Å². The molecule has 0 N–H and O–H groups in total. The lowest BCUT2D eigenvalue weighted by atomic mass is 10.1. The van der Waals surface area contributed by atoms with E-state index in [1.54, 1.807) is 6.20 Å². The number of hydrogen-bond donors (Lipinski definition) is 0. The summed E-state index contributed by atoms with van der Waals surface area (Å²) in [7, 11) is -3.51. The van der Waals surface area contributed by atoms with E-state index < -0.39 is 10.0 Å². The Morgan fingerprint density at radius 2 is 1.85 bits per heavy atom. The molecule has 0 aliphatic carbocycles. The van der Waals surface area contributed by atoms with Gasteiger partial charge in [0.05, 0.1) is 31.2 Å². The number of ether oxygens (including phenoxy) is 1. The number of benzene rings is 1. The Balaban J connectivity index is 1.51. The molecule has 27 heavy (non-hydrogen) atoms. The maximum atomic E-state index is 13.0. The zero-order valence-electron chi connectivity index (χ0n) is 14.8. The summed E-state index contributed by atoms with van der Waals surface area (Å²) in [6.45, 7) is 3.36. The van der Waals surface area contributed by atoms with Crippen LogP contribution in [0.25, 0.3) is 0 Å². The Hall–Kier alpha value is -2.10. The molecule has 0 amide bonds. The largest absolute Gasteiger partial charge is 0.378 e. The highest BCUT2D eigenvalue weighted by Gasteiger charge is 2.28. The van der Waals surface area contributed by atoms with Crippen LogP contribution in [0.15, 0.2) is 30.5 Å². The van der Waals surface area contributed by atoms with E-state index in [1.165, 1.54) is 28.6 Å². The van der Waals surface area contributed by atoms with Gasteiger partial charge in [-0.15, -0.1) is 0 Å². The average Bonchev–Trinajstić information content (AvgIpc) is 2.69. The topological polar surface area (TPSA) is 75.6 Å². The summed E-state index contributed by atoms with van der Waals surface area (Å²) in [6.07, 6.45) is 2.39. The molecule has 2 aromatic rings. The molecule has 9 heteroatoms. The Bertz CT molecular complexity index is 915. The molecule has 0 bridgehead atoms. The number of halogens is 1. The number of fused-ring (bicyclic) bond motifs is 1. The van der Waals surface area contributed by atoms with E-state index in [0.29, 0.717) is 37.7 Å². The molecular formula is C18H21FN4O3S. The normalized spacial score (nSPS) is 18.3. The van der Waals surface area contributed by atoms with E-state index >= 15 is 0 Å². The summed E-state index contributed by atoms with van der Waals surface area (Å²) in [5, 5.41) is 0. The first-order valence-corrected chi connectivity index (χ1v) is 10.5. The minimum absolute atomic E-state index is 0.149. The van der Waals surface area contributed by atoms with Gasteiger partial charge in [-0.1, -0.05) is 12.1 Å². The summed E-state index contributed by atoms with van der Waals surface area (Å²) in [5.74, 6) is 0.0922. The first-order valence-electron chi connectivity index (χ1n) is 8.91. The van der Waals surface area contributed by atoms with Gasteiger partial charge < -0.3 is 9.64 Å². The van der Waals surface area contributed by atoms with E-state index in [1.807, 2.05) is 0 Å². The molecule has 2 aliphatic rings. The van der Waals surface area contributed by atoms with Crippen molar-refractivity contribution in [2.75, 3.05) is 37.7 Å². The molecule has 144 valence electrons. The van der Waals surface area contributed by atoms with Crippen molar-refractivity contribution in [1.29, 1.82) is 0 Å². The third-order valence-corrected chi connectivity index (χ3v) is 6.64. The second-order valence-electron chi connectivity index (χ2n) is 6.71. The van der Waals surface area contributed by atoms with Crippen LogP contribution >= 0.6 is 0 Å². The lowest BCUT2D eigenvalue weighted by molar-refractivity contribution is 0.122. The third-order valence-electron chi connectivity index (χ3n) is 4.85. The van der Waals surface area contributed by atoms with Crippen molar-refractivity contribution in [3.8, 4) is 0 Å². The lowest BCUT2D eigenvalue weighted by Crippen LogP contribution is -2.39. The summed E-state index contributed by atoms with van der Waals surface area (Å²) >= 11 is 0. The van der Waals surface area contributed by atoms with Crippen LogP contribution in [0.2, 0.25) is 0 Å². The van der Waals surface area contributed by atoms with Crippen LogP contribution in [0.5, 0.6) is 0 Å². The van der Waals surface area contributed by atoms with Gasteiger partial charge >= 0.3 is 0 Å². The zero-order valence-corrected chi connectivity index (χ0v) is 15.7. The maximum absolute atomic E-state index is 13.0. The highest BCUT2D eigenvalue weighted by Crippen LogP contribution is 2.23. The Kier molecular flexibility index (Phi) is 5.07. The highest BCUT2D eigenvalue weighted by atomic mass is 32.2. The molecule has 3 heterocycles. The van der Waals surface area contributed by atoms with Crippen molar-refractivity contribution in [3.63, 3.8) is 0 Å². The monoisotopic (exact) mass is 392 g/mol. The van der Waals surface area contributed by atoms with Crippen LogP contribution in [0.1, 0.15) is 16.8 Å². The predicted molar refractivity (Wildman–Crippen MR) is 98.2 cm³/mol. The Labute approximate surface area is 157 Å². The van der Waals surface area contributed by atoms with Crippen molar-refractivity contribution in [2.24, 2.45) is 0 Å². The fourth-order valence-corrected chi connectivity index (χ4v) is 4.79. The van der Waals surface area contributed by atoms with Crippen LogP contribution in [0, 0.1) is 5.82 Å². The van der Waals surface area contributed by atoms with Crippen LogP contribution in [-0.4, -0.2) is 55.5 Å². The molecule has 7 nitrogen and oxygen atoms in total. The Morgan fingerprint density at radius 3 is 2.59 bits per heavy atom. The smallest absolute Gasteiger partial charge is 0.225 e. The summed E-state index contributed by atoms with van der Waals surface area (Å²) < 4.78 is 45.4. The number of nitrogens with zero attached hydrogens (tertiary/aromatic N) is 4. The van der Waals surface area contributed by atoms with Crippen LogP contribution in [0.4, 0.5) is 10.3 Å². The number of morpholine rings is 1. The van der Waals surface area contributed by atoms with Gasteiger partial charge in [-0.25, -0.2) is 22.8 Å². The van der Waals surface area contributed by atoms with Gasteiger partial charge in [-0.2, -0.15) is 4.31 Å². The molecule has 0 saturated carbocycles. The van der Waals surface area contributed by atoms with Gasteiger partial charge in [0.1, 0.15) is 5.82 Å².